The number of fused-ring (bicyclic) bond motifs is 2. The van der Waals surface area contributed by atoms with E-state index in [1.54, 1.807) is 26.4 Å². The molecular weight excluding hydrogens is 603 g/mol. The zero-order valence-corrected chi connectivity index (χ0v) is 27.4. The second-order valence-corrected chi connectivity index (χ2v) is 15.8. The van der Waals surface area contributed by atoms with Crippen LogP contribution >= 0.6 is 18.4 Å². The van der Waals surface area contributed by atoms with Crippen molar-refractivity contribution >= 4 is 52.1 Å². The van der Waals surface area contributed by atoms with Crippen molar-refractivity contribution in [3.8, 4) is 5.75 Å². The van der Waals surface area contributed by atoms with Gasteiger partial charge in [-0.05, 0) is 30.2 Å². The Kier molecular flexibility index (Phi) is 9.81. The summed E-state index contributed by atoms with van der Waals surface area (Å²) in [6.07, 6.45) is 3.08. The number of anilines is 1. The van der Waals surface area contributed by atoms with Gasteiger partial charge in [-0.15, -0.1) is 0 Å². The van der Waals surface area contributed by atoms with Gasteiger partial charge >= 0.3 is 12.7 Å². The number of carbonyl (C=O) groups excluding carboxylic acids is 1. The van der Waals surface area contributed by atoms with Crippen LogP contribution in [0.15, 0.2) is 55.1 Å². The van der Waals surface area contributed by atoms with Crippen molar-refractivity contribution in [1.29, 1.82) is 0 Å². The zero-order valence-electron chi connectivity index (χ0n) is 25.7. The highest BCUT2D eigenvalue weighted by Crippen LogP contribution is 2.57. The topological polar surface area (TPSA) is 139 Å². The van der Waals surface area contributed by atoms with Crippen LogP contribution < -0.4 is 14.6 Å². The fraction of sp³-hybridized carbons (Fsp3) is 0.467. The Hall–Kier alpha value is -3.22. The van der Waals surface area contributed by atoms with E-state index in [1.165, 1.54) is 6.33 Å². The fourth-order valence-electron chi connectivity index (χ4n) is 4.91. The molecule has 0 saturated carbocycles. The number of rotatable bonds is 12. The molecule has 3 heterocycles. The van der Waals surface area contributed by atoms with Gasteiger partial charge in [0.05, 0.1) is 25.6 Å². The van der Waals surface area contributed by atoms with Crippen molar-refractivity contribution < 1.29 is 27.5 Å². The monoisotopic (exact) mass is 642 g/mol. The zero-order chi connectivity index (χ0) is 31.5. The van der Waals surface area contributed by atoms with Gasteiger partial charge in [-0.25, -0.2) is 20.0 Å². The highest BCUT2D eigenvalue weighted by atomic mass is 32.7. The third kappa shape index (κ3) is 7.52. The van der Waals surface area contributed by atoms with Gasteiger partial charge in [0.15, 0.2) is 23.1 Å². The molecule has 2 N–H and O–H groups in total. The Morgan fingerprint density at radius 2 is 1.95 bits per heavy atom. The molecule has 1 unspecified atom stereocenters. The van der Waals surface area contributed by atoms with E-state index in [0.29, 0.717) is 40.8 Å². The SMILES string of the molecule is CNc1ncnc2c1ncn2[C@@H]1O[C@H](COP(=O)(N[C@H](C)C(=O)OCC(C)(C)C)SOc2cccc3ccccc23)C[C@@H]1C. The smallest absolute Gasteiger partial charge is 0.365 e. The highest BCUT2D eigenvalue weighted by molar-refractivity contribution is 8.53. The molecule has 0 amide bonds. The van der Waals surface area contributed by atoms with Gasteiger partial charge in [-0.1, -0.05) is 64.1 Å². The molecule has 1 fully saturated rings. The minimum atomic E-state index is -3.82. The molecule has 236 valence electrons. The molecule has 44 heavy (non-hydrogen) atoms. The largest absolute Gasteiger partial charge is 0.464 e. The summed E-state index contributed by atoms with van der Waals surface area (Å²) in [6.45, 7) is 5.97. The predicted molar refractivity (Wildman–Crippen MR) is 171 cm³/mol. The Bertz CT molecular complexity index is 1660. The van der Waals surface area contributed by atoms with Crippen molar-refractivity contribution in [1.82, 2.24) is 24.6 Å². The Balaban J connectivity index is 1.30. The van der Waals surface area contributed by atoms with E-state index >= 15 is 0 Å². The quantitative estimate of drug-likeness (QED) is 0.101. The van der Waals surface area contributed by atoms with Gasteiger partial charge in [0, 0.05) is 18.4 Å². The van der Waals surface area contributed by atoms with Crippen LogP contribution in [0, 0.1) is 11.3 Å². The maximum atomic E-state index is 14.2. The van der Waals surface area contributed by atoms with Crippen LogP contribution in [-0.4, -0.2) is 57.9 Å². The van der Waals surface area contributed by atoms with Gasteiger partial charge in [-0.3, -0.25) is 13.9 Å². The second-order valence-electron chi connectivity index (χ2n) is 12.1. The Labute approximate surface area is 261 Å². The van der Waals surface area contributed by atoms with Crippen LogP contribution in [0.3, 0.4) is 0 Å². The van der Waals surface area contributed by atoms with Crippen LogP contribution in [-0.2, 0) is 23.4 Å². The molecule has 5 atom stereocenters. The molecular formula is C30H39N6O6PS. The number of benzene rings is 2. The van der Waals surface area contributed by atoms with Gasteiger partial charge in [0.1, 0.15) is 29.9 Å². The summed E-state index contributed by atoms with van der Waals surface area (Å²) in [5, 5.41) is 7.73. The molecule has 14 heteroatoms. The molecule has 12 nitrogen and oxygen atoms in total. The van der Waals surface area contributed by atoms with Gasteiger partial charge in [-0.2, -0.15) is 0 Å². The average Bonchev–Trinajstić information content (AvgIpc) is 3.60. The summed E-state index contributed by atoms with van der Waals surface area (Å²) in [6, 6.07) is 12.5. The number of esters is 1. The summed E-state index contributed by atoms with van der Waals surface area (Å²) >= 11 is 0.670. The number of hydrogen-bond acceptors (Lipinski definition) is 11. The fourth-order valence-corrected chi connectivity index (χ4v) is 7.78. The molecule has 1 saturated heterocycles. The van der Waals surface area contributed by atoms with E-state index in [-0.39, 0.29) is 36.9 Å². The molecule has 4 aromatic rings. The number of ether oxygens (including phenoxy) is 2. The van der Waals surface area contributed by atoms with Gasteiger partial charge in [0.25, 0.3) is 0 Å². The summed E-state index contributed by atoms with van der Waals surface area (Å²) in [5.74, 6) is 0.717. The number of nitrogens with one attached hydrogen (secondary N) is 2. The third-order valence-electron chi connectivity index (χ3n) is 7.08. The predicted octanol–water partition coefficient (Wildman–Crippen LogP) is 6.36. The van der Waals surface area contributed by atoms with Gasteiger partial charge < -0.3 is 23.5 Å². The van der Waals surface area contributed by atoms with E-state index in [9.17, 15) is 9.36 Å². The maximum Gasteiger partial charge on any atom is 0.365 e. The molecule has 1 aliphatic heterocycles. The third-order valence-corrected chi connectivity index (χ3v) is 10.2. The van der Waals surface area contributed by atoms with E-state index in [4.69, 9.17) is 18.2 Å². The number of hydrogen-bond donors (Lipinski definition) is 2. The highest BCUT2D eigenvalue weighted by Gasteiger charge is 2.38. The lowest BCUT2D eigenvalue weighted by molar-refractivity contribution is -0.148. The molecule has 5 rings (SSSR count). The second kappa shape index (κ2) is 13.4. The van der Waals surface area contributed by atoms with Crippen molar-refractivity contribution in [2.24, 2.45) is 11.3 Å². The van der Waals surface area contributed by atoms with Crippen LogP contribution in [0.25, 0.3) is 21.9 Å². The first-order valence-corrected chi connectivity index (χ1v) is 17.5. The first-order chi connectivity index (χ1) is 21.0. The molecule has 0 spiro atoms. The first kappa shape index (κ1) is 32.2. The lowest BCUT2D eigenvalue weighted by atomic mass is 9.99. The molecule has 0 bridgehead atoms. The van der Waals surface area contributed by atoms with Crippen LogP contribution in [0.1, 0.15) is 47.3 Å². The molecule has 1 aliphatic rings. The Morgan fingerprint density at radius 3 is 2.73 bits per heavy atom. The number of imidazole rings is 1. The van der Waals surface area contributed by atoms with Crippen LogP contribution in [0.5, 0.6) is 5.75 Å². The van der Waals surface area contributed by atoms with Crippen molar-refractivity contribution in [3.05, 3.63) is 55.1 Å². The Morgan fingerprint density at radius 1 is 1.18 bits per heavy atom. The standard InChI is InChI=1S/C30H39N6O6PS/c1-19-14-22(41-28(19)36-18-34-25-26(31-6)32-17-33-27(25)36)15-40-43(38,35-20(2)29(37)39-16-30(3,4)5)44-42-24-13-9-11-21-10-7-8-12-23(21)24/h7-13,17-20,22,28H,14-16H2,1-6H3,(H,35,38)(H,31,32,33)/t19-,20+,22-,28+,43?/m0/s1. The van der Waals surface area contributed by atoms with E-state index < -0.39 is 18.7 Å². The van der Waals surface area contributed by atoms with Crippen LogP contribution in [0.2, 0.25) is 0 Å². The average molecular weight is 643 g/mol. The van der Waals surface area contributed by atoms with E-state index in [2.05, 4.69) is 32.3 Å². The molecule has 2 aromatic heterocycles. The van der Waals surface area contributed by atoms with E-state index in [1.807, 2.05) is 61.7 Å². The normalized spacial score (nSPS) is 20.8. The summed E-state index contributed by atoms with van der Waals surface area (Å²) in [7, 11) is 1.78. The van der Waals surface area contributed by atoms with Crippen molar-refractivity contribution in [2.45, 2.75) is 59.4 Å². The van der Waals surface area contributed by atoms with Crippen molar-refractivity contribution in [3.63, 3.8) is 0 Å². The van der Waals surface area contributed by atoms with Gasteiger partial charge in [0.2, 0.25) is 0 Å². The number of carbonyl (C=O) groups is 1. The minimum absolute atomic E-state index is 0.00412. The van der Waals surface area contributed by atoms with E-state index in [0.717, 1.165) is 10.8 Å². The van der Waals surface area contributed by atoms with Crippen molar-refractivity contribution in [2.75, 3.05) is 25.6 Å². The lowest BCUT2D eigenvalue weighted by Gasteiger charge is -2.24. The molecule has 2 aromatic carbocycles. The summed E-state index contributed by atoms with van der Waals surface area (Å²) < 4.78 is 40.0. The molecule has 0 aliphatic carbocycles. The lowest BCUT2D eigenvalue weighted by Crippen LogP contribution is -2.35. The number of nitrogens with zero attached hydrogens (tertiary/aromatic N) is 4. The summed E-state index contributed by atoms with van der Waals surface area (Å²) in [4.78, 5) is 25.9. The van der Waals surface area contributed by atoms with Crippen LogP contribution in [0.4, 0.5) is 5.82 Å². The number of aromatic nitrogens is 4. The first-order valence-electron chi connectivity index (χ1n) is 14.5. The maximum absolute atomic E-state index is 14.2. The minimum Gasteiger partial charge on any atom is -0.464 e. The molecule has 0 radical (unpaired) electrons. The summed E-state index contributed by atoms with van der Waals surface area (Å²) in [5.41, 5.74) is 1.08.